The predicted molar refractivity (Wildman–Crippen MR) is 120 cm³/mol. The molecule has 1 aliphatic heterocycles. The molecule has 0 spiro atoms. The molecule has 0 saturated carbocycles. The lowest BCUT2D eigenvalue weighted by atomic mass is 10.0. The quantitative estimate of drug-likeness (QED) is 0.666. The number of rotatable bonds is 8. The summed E-state index contributed by atoms with van der Waals surface area (Å²) < 4.78 is 12.9. The molecule has 3 rings (SSSR count). The summed E-state index contributed by atoms with van der Waals surface area (Å²) >= 11 is 6.50. The van der Waals surface area contributed by atoms with Gasteiger partial charge in [-0.2, -0.15) is 0 Å². The summed E-state index contributed by atoms with van der Waals surface area (Å²) in [4.78, 5) is 14.4. The van der Waals surface area contributed by atoms with Crippen LogP contribution < -0.4 is 14.8 Å². The Balaban J connectivity index is 1.76. The van der Waals surface area contributed by atoms with Gasteiger partial charge in [-0.3, -0.25) is 9.69 Å². The van der Waals surface area contributed by atoms with Crippen LogP contribution in [0.25, 0.3) is 0 Å². The Morgan fingerprint density at radius 1 is 1.16 bits per heavy atom. The molecule has 0 aliphatic carbocycles. The minimum atomic E-state index is -0.152. The van der Waals surface area contributed by atoms with Gasteiger partial charge in [-0.25, -0.2) is 0 Å². The fourth-order valence-electron chi connectivity index (χ4n) is 3.84. The van der Waals surface area contributed by atoms with Gasteiger partial charge in [0.15, 0.2) is 17.3 Å². The lowest BCUT2D eigenvalue weighted by Crippen LogP contribution is -2.34. The van der Waals surface area contributed by atoms with E-state index in [-0.39, 0.29) is 17.9 Å². The number of nitrogens with zero attached hydrogens (tertiary/aromatic N) is 4. The molecule has 0 bridgehead atoms. The molecule has 2 heterocycles. The molecule has 1 atom stereocenters. The number of methoxy groups -OCH3 is 2. The van der Waals surface area contributed by atoms with Gasteiger partial charge in [0.25, 0.3) is 0 Å². The Hall–Kier alpha value is -2.32. The standard InChI is InChI=1S/C22H32ClN5O3/c1-6-20(29)24-21(14(2)3)22-26-25-19-7-8-27(9-10-28(19)22)13-15-11-17(30-4)18(31-5)12-16(15)23/h11-12,14,21H,6-10,13H2,1-5H3,(H,24,29). The number of ether oxygens (including phenoxy) is 2. The summed E-state index contributed by atoms with van der Waals surface area (Å²) in [5.74, 6) is 3.31. The molecule has 0 radical (unpaired) electrons. The zero-order chi connectivity index (χ0) is 22.5. The number of hydrogen-bond donors (Lipinski definition) is 1. The molecule has 8 nitrogen and oxygen atoms in total. The fraction of sp³-hybridized carbons (Fsp3) is 0.591. The fourth-order valence-corrected chi connectivity index (χ4v) is 4.05. The normalized spacial score (nSPS) is 15.3. The number of carbonyl (C=O) groups is 1. The van der Waals surface area contributed by atoms with Crippen molar-refractivity contribution in [2.75, 3.05) is 27.3 Å². The lowest BCUT2D eigenvalue weighted by Gasteiger charge is -2.23. The summed E-state index contributed by atoms with van der Waals surface area (Å²) in [6.07, 6.45) is 1.23. The van der Waals surface area contributed by atoms with Gasteiger partial charge in [0.2, 0.25) is 5.91 Å². The number of amides is 1. The molecule has 2 aromatic rings. The Labute approximate surface area is 188 Å². The Kier molecular flexibility index (Phi) is 7.78. The van der Waals surface area contributed by atoms with Crippen molar-refractivity contribution < 1.29 is 14.3 Å². The van der Waals surface area contributed by atoms with Gasteiger partial charge in [-0.15, -0.1) is 10.2 Å². The van der Waals surface area contributed by atoms with E-state index in [1.54, 1.807) is 20.3 Å². The summed E-state index contributed by atoms with van der Waals surface area (Å²) in [5.41, 5.74) is 0.993. The van der Waals surface area contributed by atoms with E-state index in [1.165, 1.54) is 0 Å². The van der Waals surface area contributed by atoms with Crippen molar-refractivity contribution in [1.29, 1.82) is 0 Å². The van der Waals surface area contributed by atoms with Crippen LogP contribution in [0.3, 0.4) is 0 Å². The highest BCUT2D eigenvalue weighted by Crippen LogP contribution is 2.34. The van der Waals surface area contributed by atoms with E-state index in [9.17, 15) is 4.79 Å². The monoisotopic (exact) mass is 449 g/mol. The van der Waals surface area contributed by atoms with E-state index >= 15 is 0 Å². The second-order valence-corrected chi connectivity index (χ2v) is 8.50. The van der Waals surface area contributed by atoms with E-state index in [2.05, 4.69) is 38.8 Å². The van der Waals surface area contributed by atoms with Gasteiger partial charge >= 0.3 is 0 Å². The third-order valence-corrected chi connectivity index (χ3v) is 6.03. The SMILES string of the molecule is CCC(=O)NC(c1nnc2n1CCN(Cc1cc(OC)c(OC)cc1Cl)CC2)C(C)C. The number of hydrogen-bond acceptors (Lipinski definition) is 6. The van der Waals surface area contributed by atoms with Crippen LogP contribution in [0.1, 0.15) is 50.4 Å². The number of benzene rings is 1. The van der Waals surface area contributed by atoms with E-state index in [1.807, 2.05) is 13.0 Å². The highest BCUT2D eigenvalue weighted by atomic mass is 35.5. The van der Waals surface area contributed by atoms with Crippen molar-refractivity contribution in [3.05, 3.63) is 34.4 Å². The van der Waals surface area contributed by atoms with Crippen LogP contribution in [-0.4, -0.2) is 52.9 Å². The number of halogens is 1. The summed E-state index contributed by atoms with van der Waals surface area (Å²) in [7, 11) is 3.22. The number of nitrogens with one attached hydrogen (secondary N) is 1. The van der Waals surface area contributed by atoms with Gasteiger partial charge in [-0.05, 0) is 17.5 Å². The van der Waals surface area contributed by atoms with Crippen LogP contribution in [0, 0.1) is 5.92 Å². The summed E-state index contributed by atoms with van der Waals surface area (Å²) in [6.45, 7) is 9.16. The third kappa shape index (κ3) is 5.30. The highest BCUT2D eigenvalue weighted by molar-refractivity contribution is 6.31. The minimum absolute atomic E-state index is 0.0226. The first-order valence-corrected chi connectivity index (χ1v) is 11.1. The first-order chi connectivity index (χ1) is 14.9. The molecule has 31 heavy (non-hydrogen) atoms. The van der Waals surface area contributed by atoms with Crippen LogP contribution in [-0.2, 0) is 24.3 Å². The van der Waals surface area contributed by atoms with E-state index in [0.29, 0.717) is 29.5 Å². The smallest absolute Gasteiger partial charge is 0.220 e. The van der Waals surface area contributed by atoms with Crippen molar-refractivity contribution in [1.82, 2.24) is 25.0 Å². The minimum Gasteiger partial charge on any atom is -0.493 e. The van der Waals surface area contributed by atoms with Crippen molar-refractivity contribution in [2.24, 2.45) is 5.92 Å². The topological polar surface area (TPSA) is 81.5 Å². The average Bonchev–Trinajstić information content (AvgIpc) is 3.05. The lowest BCUT2D eigenvalue weighted by molar-refractivity contribution is -0.121. The zero-order valence-electron chi connectivity index (χ0n) is 18.9. The maximum Gasteiger partial charge on any atom is 0.220 e. The van der Waals surface area contributed by atoms with Crippen LogP contribution in [0.15, 0.2) is 12.1 Å². The van der Waals surface area contributed by atoms with Crippen molar-refractivity contribution in [2.45, 2.75) is 52.7 Å². The molecule has 1 unspecified atom stereocenters. The first kappa shape index (κ1) is 23.3. The first-order valence-electron chi connectivity index (χ1n) is 10.7. The van der Waals surface area contributed by atoms with Crippen LogP contribution in [0.4, 0.5) is 0 Å². The number of fused-ring (bicyclic) bond motifs is 1. The van der Waals surface area contributed by atoms with Gasteiger partial charge in [0, 0.05) is 50.1 Å². The van der Waals surface area contributed by atoms with E-state index < -0.39 is 0 Å². The van der Waals surface area contributed by atoms with E-state index in [0.717, 1.165) is 43.3 Å². The second-order valence-electron chi connectivity index (χ2n) is 8.09. The molecule has 1 amide bonds. The maximum atomic E-state index is 12.0. The maximum absolute atomic E-state index is 12.0. The molecule has 9 heteroatoms. The molecule has 0 saturated heterocycles. The van der Waals surface area contributed by atoms with Crippen molar-refractivity contribution >= 4 is 17.5 Å². The average molecular weight is 450 g/mol. The number of aromatic nitrogens is 3. The largest absolute Gasteiger partial charge is 0.493 e. The van der Waals surface area contributed by atoms with Crippen molar-refractivity contribution in [3.8, 4) is 11.5 Å². The molecule has 170 valence electrons. The predicted octanol–water partition coefficient (Wildman–Crippen LogP) is 3.23. The Morgan fingerprint density at radius 2 is 1.87 bits per heavy atom. The second kappa shape index (κ2) is 10.3. The molecular formula is C22H32ClN5O3. The van der Waals surface area contributed by atoms with Gasteiger partial charge < -0.3 is 19.4 Å². The third-order valence-electron chi connectivity index (χ3n) is 5.68. The summed E-state index contributed by atoms with van der Waals surface area (Å²) in [6, 6.07) is 3.58. The van der Waals surface area contributed by atoms with Crippen LogP contribution in [0.2, 0.25) is 5.02 Å². The molecule has 1 aromatic carbocycles. The van der Waals surface area contributed by atoms with Gasteiger partial charge in [-0.1, -0.05) is 32.4 Å². The molecule has 1 N–H and O–H groups in total. The zero-order valence-corrected chi connectivity index (χ0v) is 19.7. The van der Waals surface area contributed by atoms with Crippen LogP contribution >= 0.6 is 11.6 Å². The van der Waals surface area contributed by atoms with Gasteiger partial charge in [0.1, 0.15) is 5.82 Å². The molecule has 1 aromatic heterocycles. The molecule has 1 aliphatic rings. The number of carbonyl (C=O) groups excluding carboxylic acids is 1. The van der Waals surface area contributed by atoms with Gasteiger partial charge in [0.05, 0.1) is 20.3 Å². The van der Waals surface area contributed by atoms with Crippen LogP contribution in [0.5, 0.6) is 11.5 Å². The Morgan fingerprint density at radius 3 is 2.52 bits per heavy atom. The van der Waals surface area contributed by atoms with Crippen molar-refractivity contribution in [3.63, 3.8) is 0 Å². The molecular weight excluding hydrogens is 418 g/mol. The van der Waals surface area contributed by atoms with E-state index in [4.69, 9.17) is 21.1 Å². The summed E-state index contributed by atoms with van der Waals surface area (Å²) in [5, 5.41) is 12.6. The highest BCUT2D eigenvalue weighted by Gasteiger charge is 2.27. The molecule has 0 fully saturated rings. The Bertz CT molecular complexity index is 915.